The Kier molecular flexibility index (Phi) is 13.0. The smallest absolute Gasteiger partial charge is 0.407 e. The standard InChI is InChI=1S/C37H50N4O8SSi/c1-37(2,3)51(4,5)49-33(29-10-9-20-39-23-29)24-41(36(44)45)21-19-26-13-15-27(16-14-26)28-17-18-31(35(43)40-50(46,47)25-34(38)42)32(22-28)48-30-11-7-6-8-12-30/h9-10,13-18,20,22-23,30,33H,6-8,11-12,19,21,24-25H2,1-5H3,(H2,38,42)(H,40,43)(H,44,45)/t33-/m0/s1. The topological polar surface area (TPSA) is 178 Å². The van der Waals surface area contributed by atoms with Gasteiger partial charge in [0.15, 0.2) is 8.32 Å². The van der Waals surface area contributed by atoms with E-state index in [1.807, 2.05) is 41.1 Å². The molecule has 1 heterocycles. The van der Waals surface area contributed by atoms with Crippen molar-refractivity contribution >= 4 is 36.2 Å². The summed E-state index contributed by atoms with van der Waals surface area (Å²) in [6.45, 7) is 11.2. The number of ether oxygens (including phenoxy) is 1. The van der Waals surface area contributed by atoms with Crippen LogP contribution >= 0.6 is 0 Å². The second kappa shape index (κ2) is 16.8. The number of carbonyl (C=O) groups is 3. The lowest BCUT2D eigenvalue weighted by molar-refractivity contribution is -0.115. The summed E-state index contributed by atoms with van der Waals surface area (Å²) in [7, 11) is -6.52. The van der Waals surface area contributed by atoms with Crippen LogP contribution in [0.25, 0.3) is 11.1 Å². The highest BCUT2D eigenvalue weighted by molar-refractivity contribution is 7.90. The van der Waals surface area contributed by atoms with Crippen LogP contribution in [-0.2, 0) is 25.7 Å². The molecule has 0 spiro atoms. The van der Waals surface area contributed by atoms with Crippen molar-refractivity contribution in [3.63, 3.8) is 0 Å². The number of nitrogens with one attached hydrogen (secondary N) is 1. The molecule has 3 amide bonds. The minimum Gasteiger partial charge on any atom is -0.490 e. The van der Waals surface area contributed by atoms with Crippen LogP contribution in [0.4, 0.5) is 4.79 Å². The maximum Gasteiger partial charge on any atom is 0.407 e. The Bertz CT molecular complexity index is 1770. The van der Waals surface area contributed by atoms with Gasteiger partial charge in [0.1, 0.15) is 11.5 Å². The third-order valence-electron chi connectivity index (χ3n) is 9.57. The van der Waals surface area contributed by atoms with Gasteiger partial charge >= 0.3 is 6.09 Å². The summed E-state index contributed by atoms with van der Waals surface area (Å²) in [5.41, 5.74) is 8.41. The van der Waals surface area contributed by atoms with E-state index in [0.717, 1.165) is 54.4 Å². The highest BCUT2D eigenvalue weighted by Crippen LogP contribution is 2.40. The summed E-state index contributed by atoms with van der Waals surface area (Å²) in [6.07, 6.45) is 7.00. The fourth-order valence-corrected chi connectivity index (χ4v) is 7.79. The number of aromatic nitrogens is 1. The maximum atomic E-state index is 13.1. The normalized spacial score (nSPS) is 14.8. The lowest BCUT2D eigenvalue weighted by Gasteiger charge is -2.40. The van der Waals surface area contributed by atoms with Crippen LogP contribution < -0.4 is 15.2 Å². The molecule has 1 saturated carbocycles. The van der Waals surface area contributed by atoms with Gasteiger partial charge in [-0.05, 0) is 90.7 Å². The highest BCUT2D eigenvalue weighted by atomic mass is 32.2. The van der Waals surface area contributed by atoms with E-state index in [2.05, 4.69) is 38.8 Å². The lowest BCUT2D eigenvalue weighted by atomic mass is 9.97. The Morgan fingerprint density at radius 2 is 1.71 bits per heavy atom. The molecule has 0 radical (unpaired) electrons. The number of carbonyl (C=O) groups excluding carboxylic acids is 2. The van der Waals surface area contributed by atoms with Gasteiger partial charge in [0, 0.05) is 18.9 Å². The minimum absolute atomic E-state index is 0.0323. The van der Waals surface area contributed by atoms with Gasteiger partial charge < -0.3 is 24.9 Å². The van der Waals surface area contributed by atoms with Crippen LogP contribution in [0.1, 0.15) is 80.5 Å². The van der Waals surface area contributed by atoms with Crippen LogP contribution in [-0.4, -0.2) is 74.6 Å². The van der Waals surface area contributed by atoms with Gasteiger partial charge in [0.05, 0.1) is 24.3 Å². The number of hydrogen-bond donors (Lipinski definition) is 3. The maximum absolute atomic E-state index is 13.1. The fourth-order valence-electron chi connectivity index (χ4n) is 5.67. The molecule has 0 bridgehead atoms. The number of nitrogens with zero attached hydrogens (tertiary/aromatic N) is 2. The molecule has 0 unspecified atom stereocenters. The third-order valence-corrected chi connectivity index (χ3v) is 15.2. The van der Waals surface area contributed by atoms with E-state index in [0.29, 0.717) is 6.42 Å². The molecule has 14 heteroatoms. The zero-order valence-corrected chi connectivity index (χ0v) is 31.9. The summed E-state index contributed by atoms with van der Waals surface area (Å²) in [6, 6.07) is 16.3. The van der Waals surface area contributed by atoms with E-state index in [9.17, 15) is 27.9 Å². The molecule has 0 aliphatic heterocycles. The molecule has 12 nitrogen and oxygen atoms in total. The van der Waals surface area contributed by atoms with E-state index >= 15 is 0 Å². The Morgan fingerprint density at radius 1 is 1.04 bits per heavy atom. The SMILES string of the molecule is CC(C)(C)[Si](C)(C)O[C@@H](CN(CCc1ccc(-c2ccc(C(=O)NS(=O)(=O)CC(N)=O)c(OC3CCCCC3)c2)cc1)C(=O)O)c1cccnc1. The van der Waals surface area contributed by atoms with E-state index in [4.69, 9.17) is 14.9 Å². The van der Waals surface area contributed by atoms with E-state index in [1.54, 1.807) is 24.5 Å². The molecule has 0 saturated heterocycles. The number of rotatable bonds is 15. The minimum atomic E-state index is -4.28. The van der Waals surface area contributed by atoms with E-state index < -0.39 is 48.1 Å². The average Bonchev–Trinajstić information content (AvgIpc) is 3.05. The van der Waals surface area contributed by atoms with Crippen molar-refractivity contribution in [3.05, 3.63) is 83.7 Å². The average molecular weight is 739 g/mol. The van der Waals surface area contributed by atoms with E-state index in [-0.39, 0.29) is 35.5 Å². The molecule has 3 aromatic rings. The van der Waals surface area contributed by atoms with Gasteiger partial charge in [-0.2, -0.15) is 0 Å². The molecule has 51 heavy (non-hydrogen) atoms. The fraction of sp³-hybridized carbons (Fsp3) is 0.459. The molecule has 1 aromatic heterocycles. The van der Waals surface area contributed by atoms with Crippen molar-refractivity contribution in [3.8, 4) is 16.9 Å². The van der Waals surface area contributed by atoms with Crippen molar-refractivity contribution < 1.29 is 37.1 Å². The first-order valence-electron chi connectivity index (χ1n) is 17.2. The van der Waals surface area contributed by atoms with Crippen LogP contribution in [0, 0.1) is 0 Å². The second-order valence-corrected chi connectivity index (χ2v) is 21.1. The van der Waals surface area contributed by atoms with Gasteiger partial charge in [-0.25, -0.2) is 17.9 Å². The Labute approximate surface area is 301 Å². The largest absolute Gasteiger partial charge is 0.490 e. The number of benzene rings is 2. The predicted molar refractivity (Wildman–Crippen MR) is 198 cm³/mol. The van der Waals surface area contributed by atoms with E-state index in [1.165, 1.54) is 11.0 Å². The van der Waals surface area contributed by atoms with Crippen molar-refractivity contribution in [2.45, 2.75) is 89.6 Å². The lowest BCUT2D eigenvalue weighted by Crippen LogP contribution is -2.45. The summed E-state index contributed by atoms with van der Waals surface area (Å²) in [5.74, 6) is -2.75. The molecular formula is C37H50N4O8SSi. The van der Waals surface area contributed by atoms with Gasteiger partial charge in [-0.15, -0.1) is 0 Å². The van der Waals surface area contributed by atoms with Crippen LogP contribution in [0.5, 0.6) is 5.75 Å². The number of primary amides is 1. The molecule has 4 N–H and O–H groups in total. The van der Waals surface area contributed by atoms with Gasteiger partial charge in [-0.1, -0.05) is 63.6 Å². The second-order valence-electron chi connectivity index (χ2n) is 14.6. The number of hydrogen-bond acceptors (Lipinski definition) is 8. The Morgan fingerprint density at radius 3 is 2.29 bits per heavy atom. The Hall–Kier alpha value is -4.27. The molecule has 1 aliphatic rings. The molecule has 4 rings (SSSR count). The van der Waals surface area contributed by atoms with Gasteiger partial charge in [0.25, 0.3) is 5.91 Å². The number of sulfonamides is 1. The quantitative estimate of drug-likeness (QED) is 0.151. The van der Waals surface area contributed by atoms with Crippen molar-refractivity contribution in [1.29, 1.82) is 0 Å². The number of carboxylic acid groups (broad SMARTS) is 1. The van der Waals surface area contributed by atoms with Crippen LogP contribution in [0.15, 0.2) is 67.0 Å². The van der Waals surface area contributed by atoms with Crippen molar-refractivity contribution in [2.24, 2.45) is 5.73 Å². The monoisotopic (exact) mass is 738 g/mol. The summed E-state index contributed by atoms with van der Waals surface area (Å²) in [4.78, 5) is 42.3. The molecule has 1 fully saturated rings. The zero-order chi connectivity index (χ0) is 37.4. The first-order valence-corrected chi connectivity index (χ1v) is 21.8. The first kappa shape index (κ1) is 39.5. The molecule has 1 atom stereocenters. The van der Waals surface area contributed by atoms with Gasteiger partial charge in [-0.3, -0.25) is 14.6 Å². The molecule has 2 aromatic carbocycles. The summed E-state index contributed by atoms with van der Waals surface area (Å²) in [5, 5.41) is 10.1. The molecular weight excluding hydrogens is 689 g/mol. The Balaban J connectivity index is 1.51. The van der Waals surface area contributed by atoms with Gasteiger partial charge in [0.2, 0.25) is 15.9 Å². The van der Waals surface area contributed by atoms with Crippen molar-refractivity contribution in [1.82, 2.24) is 14.6 Å². The third kappa shape index (κ3) is 11.4. The first-order chi connectivity index (χ1) is 23.9. The molecule has 276 valence electrons. The summed E-state index contributed by atoms with van der Waals surface area (Å²) >= 11 is 0. The van der Waals surface area contributed by atoms with Crippen LogP contribution in [0.3, 0.4) is 0 Å². The predicted octanol–water partition coefficient (Wildman–Crippen LogP) is 6.29. The van der Waals surface area contributed by atoms with Crippen molar-refractivity contribution in [2.75, 3.05) is 18.8 Å². The number of nitrogens with two attached hydrogens (primary N) is 1. The van der Waals surface area contributed by atoms with Crippen LogP contribution in [0.2, 0.25) is 18.1 Å². The number of pyridine rings is 1. The molecule has 1 aliphatic carbocycles. The summed E-state index contributed by atoms with van der Waals surface area (Å²) < 4.78 is 39.4. The number of amides is 3. The highest BCUT2D eigenvalue weighted by Gasteiger charge is 2.40. The zero-order valence-electron chi connectivity index (χ0n) is 30.1.